The van der Waals surface area contributed by atoms with Crippen molar-refractivity contribution in [2.75, 3.05) is 6.61 Å². The molecule has 0 aromatic heterocycles. The highest BCUT2D eigenvalue weighted by Gasteiger charge is 2.31. The van der Waals surface area contributed by atoms with Gasteiger partial charge in [0.15, 0.2) is 6.61 Å². The molecule has 1 unspecified atom stereocenters. The topological polar surface area (TPSA) is 58.6 Å². The second-order valence-electron chi connectivity index (χ2n) is 8.19. The van der Waals surface area contributed by atoms with E-state index >= 15 is 0 Å². The highest BCUT2D eigenvalue weighted by atomic mass is 35.5. The van der Waals surface area contributed by atoms with Crippen molar-refractivity contribution < 1.29 is 14.3 Å². The van der Waals surface area contributed by atoms with Gasteiger partial charge in [0, 0.05) is 28.2 Å². The van der Waals surface area contributed by atoms with Crippen LogP contribution < -0.4 is 10.1 Å². The van der Waals surface area contributed by atoms with Crippen LogP contribution in [0.1, 0.15) is 50.2 Å². The first-order valence-corrected chi connectivity index (χ1v) is 11.9. The quantitative estimate of drug-likeness (QED) is 0.516. The minimum absolute atomic E-state index is 0.130. The first-order valence-electron chi connectivity index (χ1n) is 11.1. The molecule has 2 aromatic carbocycles. The maximum Gasteiger partial charge on any atom is 0.261 e. The molecule has 2 amide bonds. The lowest BCUT2D eigenvalue weighted by Gasteiger charge is -2.32. The number of carbonyl (C=O) groups excluding carboxylic acids is 2. The molecule has 1 N–H and O–H groups in total. The first-order chi connectivity index (χ1) is 15.4. The Bertz CT molecular complexity index is 924. The molecule has 3 rings (SSSR count). The van der Waals surface area contributed by atoms with E-state index in [1.54, 1.807) is 18.2 Å². The molecule has 172 valence electrons. The fraction of sp³-hybridized carbons (Fsp3) is 0.440. The van der Waals surface area contributed by atoms with E-state index in [-0.39, 0.29) is 31.0 Å². The smallest absolute Gasteiger partial charge is 0.261 e. The van der Waals surface area contributed by atoms with Crippen LogP contribution in [0.5, 0.6) is 5.75 Å². The number of aryl methyl sites for hydroxylation is 1. The van der Waals surface area contributed by atoms with E-state index < -0.39 is 6.04 Å². The highest BCUT2D eigenvalue weighted by Crippen LogP contribution is 2.27. The number of benzene rings is 2. The molecular weight excluding hydrogens is 447 g/mol. The van der Waals surface area contributed by atoms with Gasteiger partial charge in [-0.2, -0.15) is 0 Å². The zero-order valence-corrected chi connectivity index (χ0v) is 20.1. The van der Waals surface area contributed by atoms with Gasteiger partial charge in [-0.15, -0.1) is 0 Å². The van der Waals surface area contributed by atoms with Gasteiger partial charge in [-0.25, -0.2) is 0 Å². The second kappa shape index (κ2) is 11.6. The predicted molar refractivity (Wildman–Crippen MR) is 128 cm³/mol. The summed E-state index contributed by atoms with van der Waals surface area (Å²) in [6.07, 6.45) is 4.65. The molecule has 2 aromatic rings. The van der Waals surface area contributed by atoms with Crippen molar-refractivity contribution in [2.24, 2.45) is 0 Å². The summed E-state index contributed by atoms with van der Waals surface area (Å²) in [5.41, 5.74) is 1.55. The van der Waals surface area contributed by atoms with E-state index in [4.69, 9.17) is 27.9 Å². The number of nitrogens with one attached hydrogen (secondary N) is 1. The van der Waals surface area contributed by atoms with E-state index in [0.717, 1.165) is 31.2 Å². The maximum absolute atomic E-state index is 13.3. The molecule has 0 bridgehead atoms. The zero-order valence-electron chi connectivity index (χ0n) is 18.6. The fourth-order valence-electron chi connectivity index (χ4n) is 4.08. The minimum atomic E-state index is -0.643. The fourth-order valence-corrected chi connectivity index (χ4v) is 4.60. The summed E-state index contributed by atoms with van der Waals surface area (Å²) in [4.78, 5) is 28.0. The number of hydrogen-bond acceptors (Lipinski definition) is 3. The lowest BCUT2D eigenvalue weighted by molar-refractivity contribution is -0.143. The lowest BCUT2D eigenvalue weighted by Crippen LogP contribution is -2.52. The highest BCUT2D eigenvalue weighted by molar-refractivity contribution is 6.36. The number of carbonyl (C=O) groups is 2. The van der Waals surface area contributed by atoms with E-state index in [1.165, 1.54) is 4.90 Å². The van der Waals surface area contributed by atoms with Crippen LogP contribution in [0.25, 0.3) is 0 Å². The van der Waals surface area contributed by atoms with Crippen LogP contribution in [0.2, 0.25) is 10.0 Å². The Morgan fingerprint density at radius 2 is 1.75 bits per heavy atom. The largest absolute Gasteiger partial charge is 0.484 e. The van der Waals surface area contributed by atoms with Crippen molar-refractivity contribution in [1.29, 1.82) is 0 Å². The number of amides is 2. The zero-order chi connectivity index (χ0) is 23.1. The molecule has 0 aliphatic heterocycles. The Morgan fingerprint density at radius 3 is 2.38 bits per heavy atom. The van der Waals surface area contributed by atoms with Crippen molar-refractivity contribution in [2.45, 2.75) is 64.6 Å². The van der Waals surface area contributed by atoms with Crippen LogP contribution in [0, 0.1) is 6.92 Å². The van der Waals surface area contributed by atoms with Gasteiger partial charge in [0.1, 0.15) is 11.8 Å². The summed E-state index contributed by atoms with van der Waals surface area (Å²) in [7, 11) is 0. The third-order valence-corrected chi connectivity index (χ3v) is 6.63. The molecule has 0 radical (unpaired) electrons. The van der Waals surface area contributed by atoms with Crippen LogP contribution >= 0.6 is 23.2 Å². The second-order valence-corrected chi connectivity index (χ2v) is 9.00. The first kappa shape index (κ1) is 24.4. The monoisotopic (exact) mass is 476 g/mol. The third kappa shape index (κ3) is 6.17. The van der Waals surface area contributed by atoms with Gasteiger partial charge in [-0.05, 0) is 49.9 Å². The van der Waals surface area contributed by atoms with Gasteiger partial charge in [0.2, 0.25) is 5.91 Å². The molecule has 1 atom stereocenters. The molecule has 32 heavy (non-hydrogen) atoms. The molecular formula is C25H30Cl2N2O3. The van der Waals surface area contributed by atoms with Gasteiger partial charge in [-0.1, -0.05) is 67.2 Å². The summed E-state index contributed by atoms with van der Waals surface area (Å²) in [5, 5.41) is 4.04. The molecule has 1 saturated carbocycles. The van der Waals surface area contributed by atoms with Gasteiger partial charge >= 0.3 is 0 Å². The SMILES string of the molecule is CCC(C(=O)NC1CCCC1)N(Cc1c(Cl)cccc1Cl)C(=O)COc1ccccc1C. The predicted octanol–water partition coefficient (Wildman–Crippen LogP) is 5.55. The summed E-state index contributed by atoms with van der Waals surface area (Å²) in [6, 6.07) is 12.3. The summed E-state index contributed by atoms with van der Waals surface area (Å²) < 4.78 is 5.80. The van der Waals surface area contributed by atoms with E-state index in [9.17, 15) is 9.59 Å². The van der Waals surface area contributed by atoms with Gasteiger partial charge < -0.3 is 15.0 Å². The number of nitrogens with zero attached hydrogens (tertiary/aromatic N) is 1. The molecule has 5 nitrogen and oxygen atoms in total. The Kier molecular flexibility index (Phi) is 8.83. The molecule has 1 fully saturated rings. The number of rotatable bonds is 9. The number of para-hydroxylation sites is 1. The van der Waals surface area contributed by atoms with Crippen LogP contribution in [-0.4, -0.2) is 35.4 Å². The van der Waals surface area contributed by atoms with Crippen molar-refractivity contribution in [3.05, 3.63) is 63.6 Å². The van der Waals surface area contributed by atoms with E-state index in [1.807, 2.05) is 38.1 Å². The van der Waals surface area contributed by atoms with Crippen molar-refractivity contribution in [3.63, 3.8) is 0 Å². The number of hydrogen-bond donors (Lipinski definition) is 1. The maximum atomic E-state index is 13.3. The van der Waals surface area contributed by atoms with Crippen LogP contribution in [0.3, 0.4) is 0 Å². The molecule has 0 heterocycles. The van der Waals surface area contributed by atoms with Gasteiger partial charge in [-0.3, -0.25) is 9.59 Å². The summed E-state index contributed by atoms with van der Waals surface area (Å²) in [5.74, 6) is 0.199. The lowest BCUT2D eigenvalue weighted by atomic mass is 10.1. The average Bonchev–Trinajstić information content (AvgIpc) is 3.27. The Balaban J connectivity index is 1.82. The summed E-state index contributed by atoms with van der Waals surface area (Å²) >= 11 is 12.8. The van der Waals surface area contributed by atoms with Gasteiger partial charge in [0.05, 0.1) is 0 Å². The third-order valence-electron chi connectivity index (χ3n) is 5.92. The average molecular weight is 477 g/mol. The minimum Gasteiger partial charge on any atom is -0.484 e. The molecule has 1 aliphatic carbocycles. The van der Waals surface area contributed by atoms with Crippen LogP contribution in [0.15, 0.2) is 42.5 Å². The van der Waals surface area contributed by atoms with Crippen molar-refractivity contribution in [1.82, 2.24) is 10.2 Å². The van der Waals surface area contributed by atoms with Crippen LogP contribution in [-0.2, 0) is 16.1 Å². The standard InChI is InChI=1S/C25H30Cl2N2O3/c1-3-22(25(31)28-18-10-5-6-11-18)29(15-19-20(26)12-8-13-21(19)27)24(30)16-32-23-14-7-4-9-17(23)2/h4,7-9,12-14,18,22H,3,5-6,10-11,15-16H2,1-2H3,(H,28,31). The van der Waals surface area contributed by atoms with Crippen molar-refractivity contribution >= 4 is 35.0 Å². The molecule has 0 spiro atoms. The van der Waals surface area contributed by atoms with Gasteiger partial charge in [0.25, 0.3) is 5.91 Å². The Hall–Kier alpha value is -2.24. The number of halogens is 2. The summed E-state index contributed by atoms with van der Waals surface area (Å²) in [6.45, 7) is 3.77. The molecule has 1 aliphatic rings. The Labute approximate surface area is 200 Å². The van der Waals surface area contributed by atoms with Crippen molar-refractivity contribution in [3.8, 4) is 5.75 Å². The van der Waals surface area contributed by atoms with E-state index in [2.05, 4.69) is 5.32 Å². The molecule has 0 saturated heterocycles. The number of ether oxygens (including phenoxy) is 1. The van der Waals surface area contributed by atoms with E-state index in [0.29, 0.717) is 27.8 Å². The van der Waals surface area contributed by atoms with Crippen LogP contribution in [0.4, 0.5) is 0 Å². The molecule has 7 heteroatoms. The Morgan fingerprint density at radius 1 is 1.09 bits per heavy atom. The normalized spacial score (nSPS) is 14.8.